The molecule has 5 heteroatoms. The number of aliphatic imine (C=N–C) groups is 1. The fourth-order valence-corrected chi connectivity index (χ4v) is 2.85. The standard InChI is InChI=1S/C18H36N4O/c1-3-19-18(20-9-4-14-23-15-17-5-6-17)21-10-13-22-11-7-16(2)8-12-22/h16-17H,3-15H2,1-2H3,(H2,19,20,21). The van der Waals surface area contributed by atoms with E-state index in [-0.39, 0.29) is 0 Å². The summed E-state index contributed by atoms with van der Waals surface area (Å²) in [6.07, 6.45) is 6.42. The molecule has 0 spiro atoms. The molecule has 0 amide bonds. The van der Waals surface area contributed by atoms with E-state index in [1.54, 1.807) is 0 Å². The molecule has 0 aromatic rings. The van der Waals surface area contributed by atoms with Crippen LogP contribution in [0.3, 0.4) is 0 Å². The molecule has 0 bridgehead atoms. The van der Waals surface area contributed by atoms with Crippen molar-refractivity contribution in [2.75, 3.05) is 52.5 Å². The fraction of sp³-hybridized carbons (Fsp3) is 0.944. The van der Waals surface area contributed by atoms with E-state index in [1.807, 2.05) is 0 Å². The Morgan fingerprint density at radius 1 is 1.17 bits per heavy atom. The largest absolute Gasteiger partial charge is 0.381 e. The van der Waals surface area contributed by atoms with Crippen LogP contribution >= 0.6 is 0 Å². The minimum atomic E-state index is 0.835. The summed E-state index contributed by atoms with van der Waals surface area (Å²) in [6, 6.07) is 0. The van der Waals surface area contributed by atoms with Crippen molar-refractivity contribution >= 4 is 5.96 Å². The summed E-state index contributed by atoms with van der Waals surface area (Å²) in [4.78, 5) is 7.19. The lowest BCUT2D eigenvalue weighted by Gasteiger charge is -2.30. The average Bonchev–Trinajstić information content (AvgIpc) is 3.37. The van der Waals surface area contributed by atoms with Crippen LogP contribution in [0.4, 0.5) is 0 Å². The highest BCUT2D eigenvalue weighted by Crippen LogP contribution is 2.28. The zero-order valence-corrected chi connectivity index (χ0v) is 15.1. The van der Waals surface area contributed by atoms with Crippen LogP contribution in [0.25, 0.3) is 0 Å². The molecule has 0 radical (unpaired) electrons. The van der Waals surface area contributed by atoms with Gasteiger partial charge in [-0.2, -0.15) is 0 Å². The smallest absolute Gasteiger partial charge is 0.191 e. The Hall–Kier alpha value is -0.810. The molecular formula is C18H36N4O. The van der Waals surface area contributed by atoms with Crippen LogP contribution in [0.5, 0.6) is 0 Å². The second-order valence-corrected chi connectivity index (χ2v) is 7.08. The quantitative estimate of drug-likeness (QED) is 0.367. The molecule has 1 aliphatic heterocycles. The first-order chi connectivity index (χ1) is 11.3. The molecule has 1 aliphatic carbocycles. The van der Waals surface area contributed by atoms with Crippen LogP contribution < -0.4 is 10.6 Å². The topological polar surface area (TPSA) is 48.9 Å². The molecule has 2 fully saturated rings. The van der Waals surface area contributed by atoms with Crippen LogP contribution in [0.15, 0.2) is 4.99 Å². The van der Waals surface area contributed by atoms with E-state index in [9.17, 15) is 0 Å². The van der Waals surface area contributed by atoms with Crippen LogP contribution in [0.1, 0.15) is 46.0 Å². The monoisotopic (exact) mass is 324 g/mol. The van der Waals surface area contributed by atoms with E-state index >= 15 is 0 Å². The van der Waals surface area contributed by atoms with E-state index in [2.05, 4.69) is 34.4 Å². The lowest BCUT2D eigenvalue weighted by molar-refractivity contribution is 0.123. The molecule has 0 atom stereocenters. The number of nitrogens with zero attached hydrogens (tertiary/aromatic N) is 2. The van der Waals surface area contributed by atoms with Gasteiger partial charge >= 0.3 is 0 Å². The van der Waals surface area contributed by atoms with Gasteiger partial charge < -0.3 is 20.3 Å². The van der Waals surface area contributed by atoms with E-state index in [0.717, 1.165) is 63.6 Å². The predicted molar refractivity (Wildman–Crippen MR) is 97.0 cm³/mol. The highest BCUT2D eigenvalue weighted by molar-refractivity contribution is 5.79. The van der Waals surface area contributed by atoms with Gasteiger partial charge in [0.1, 0.15) is 0 Å². The van der Waals surface area contributed by atoms with Gasteiger partial charge in [0.15, 0.2) is 5.96 Å². The minimum Gasteiger partial charge on any atom is -0.381 e. The third-order valence-electron chi connectivity index (χ3n) is 4.71. The zero-order chi connectivity index (χ0) is 16.3. The maximum Gasteiger partial charge on any atom is 0.191 e. The SMILES string of the molecule is CCNC(=NCCCOCC1CC1)NCCN1CCC(C)CC1. The number of guanidine groups is 1. The summed E-state index contributed by atoms with van der Waals surface area (Å²) >= 11 is 0. The van der Waals surface area contributed by atoms with Gasteiger partial charge in [-0.05, 0) is 64.0 Å². The van der Waals surface area contributed by atoms with Crippen molar-refractivity contribution in [3.8, 4) is 0 Å². The van der Waals surface area contributed by atoms with Crippen LogP contribution in [0.2, 0.25) is 0 Å². The second kappa shape index (κ2) is 10.9. The van der Waals surface area contributed by atoms with Crippen LogP contribution in [-0.4, -0.2) is 63.3 Å². The molecule has 5 nitrogen and oxygen atoms in total. The molecule has 1 heterocycles. The van der Waals surface area contributed by atoms with Gasteiger partial charge in [-0.15, -0.1) is 0 Å². The zero-order valence-electron chi connectivity index (χ0n) is 15.1. The predicted octanol–water partition coefficient (Wildman–Crippen LogP) is 2.09. The van der Waals surface area contributed by atoms with Crippen molar-refractivity contribution in [1.29, 1.82) is 0 Å². The fourth-order valence-electron chi connectivity index (χ4n) is 2.85. The van der Waals surface area contributed by atoms with Gasteiger partial charge in [0.25, 0.3) is 0 Å². The van der Waals surface area contributed by atoms with E-state index in [1.165, 1.54) is 38.8 Å². The van der Waals surface area contributed by atoms with E-state index < -0.39 is 0 Å². The summed E-state index contributed by atoms with van der Waals surface area (Å²) in [5.41, 5.74) is 0. The lowest BCUT2D eigenvalue weighted by atomic mass is 9.99. The first kappa shape index (κ1) is 18.5. The molecule has 1 saturated heterocycles. The van der Waals surface area contributed by atoms with Crippen LogP contribution in [-0.2, 0) is 4.74 Å². The number of hydrogen-bond donors (Lipinski definition) is 2. The highest BCUT2D eigenvalue weighted by Gasteiger charge is 2.20. The maximum atomic E-state index is 5.65. The molecule has 0 aromatic carbocycles. The number of nitrogens with one attached hydrogen (secondary N) is 2. The molecule has 1 saturated carbocycles. The summed E-state index contributed by atoms with van der Waals surface area (Å²) in [7, 11) is 0. The number of hydrogen-bond acceptors (Lipinski definition) is 3. The van der Waals surface area contributed by atoms with E-state index in [4.69, 9.17) is 4.74 Å². The summed E-state index contributed by atoms with van der Waals surface area (Å²) in [6.45, 7) is 12.6. The van der Waals surface area contributed by atoms with Gasteiger partial charge in [-0.25, -0.2) is 0 Å². The molecule has 23 heavy (non-hydrogen) atoms. The number of piperidine rings is 1. The van der Waals surface area contributed by atoms with E-state index in [0.29, 0.717) is 0 Å². The Bertz CT molecular complexity index is 336. The minimum absolute atomic E-state index is 0.835. The van der Waals surface area contributed by atoms with Gasteiger partial charge in [0, 0.05) is 39.4 Å². The van der Waals surface area contributed by atoms with Gasteiger partial charge in [0.2, 0.25) is 0 Å². The highest BCUT2D eigenvalue weighted by atomic mass is 16.5. The molecule has 2 rings (SSSR count). The van der Waals surface area contributed by atoms with Crippen molar-refractivity contribution in [1.82, 2.24) is 15.5 Å². The average molecular weight is 325 g/mol. The van der Waals surface area contributed by atoms with Crippen molar-refractivity contribution in [3.63, 3.8) is 0 Å². The lowest BCUT2D eigenvalue weighted by Crippen LogP contribution is -2.43. The normalized spacial score (nSPS) is 20.7. The third-order valence-corrected chi connectivity index (χ3v) is 4.71. The molecule has 134 valence electrons. The first-order valence-electron chi connectivity index (χ1n) is 9.60. The second-order valence-electron chi connectivity index (χ2n) is 7.08. The molecular weight excluding hydrogens is 288 g/mol. The number of likely N-dealkylation sites (tertiary alicyclic amines) is 1. The Morgan fingerprint density at radius 2 is 1.96 bits per heavy atom. The molecule has 0 unspecified atom stereocenters. The van der Waals surface area contributed by atoms with Crippen molar-refractivity contribution < 1.29 is 4.74 Å². The van der Waals surface area contributed by atoms with Crippen molar-refractivity contribution in [2.24, 2.45) is 16.8 Å². The van der Waals surface area contributed by atoms with Gasteiger partial charge in [0.05, 0.1) is 0 Å². The maximum absolute atomic E-state index is 5.65. The Kier molecular flexibility index (Phi) is 8.76. The van der Waals surface area contributed by atoms with Gasteiger partial charge in [-0.1, -0.05) is 6.92 Å². The summed E-state index contributed by atoms with van der Waals surface area (Å²) in [5, 5.41) is 6.78. The molecule has 2 aliphatic rings. The van der Waals surface area contributed by atoms with Crippen LogP contribution in [0, 0.1) is 11.8 Å². The number of rotatable bonds is 10. The Balaban J connectivity index is 1.53. The third kappa shape index (κ3) is 8.56. The Morgan fingerprint density at radius 3 is 2.65 bits per heavy atom. The first-order valence-corrected chi connectivity index (χ1v) is 9.60. The molecule has 2 N–H and O–H groups in total. The van der Waals surface area contributed by atoms with Crippen molar-refractivity contribution in [2.45, 2.75) is 46.0 Å². The van der Waals surface area contributed by atoms with Gasteiger partial charge in [-0.3, -0.25) is 4.99 Å². The number of ether oxygens (including phenoxy) is 1. The summed E-state index contributed by atoms with van der Waals surface area (Å²) in [5.74, 6) is 2.70. The molecule has 0 aromatic heterocycles. The Labute approximate surface area is 142 Å². The summed E-state index contributed by atoms with van der Waals surface area (Å²) < 4.78 is 5.65. The van der Waals surface area contributed by atoms with Crippen molar-refractivity contribution in [3.05, 3.63) is 0 Å².